The van der Waals surface area contributed by atoms with E-state index in [2.05, 4.69) is 75.4 Å². The molecule has 0 saturated heterocycles. The Labute approximate surface area is 154 Å². The molecule has 0 saturated carbocycles. The second kappa shape index (κ2) is 7.40. The molecule has 0 bridgehead atoms. The summed E-state index contributed by atoms with van der Waals surface area (Å²) in [6, 6.07) is 4.20. The Morgan fingerprint density at radius 2 is 1.50 bits per heavy atom. The third kappa shape index (κ3) is 4.27. The molecule has 0 amide bonds. The van der Waals surface area contributed by atoms with Gasteiger partial charge < -0.3 is 4.43 Å². The molecule has 0 aromatic rings. The molecule has 1 aliphatic rings. The Morgan fingerprint density at radius 1 is 1.04 bits per heavy atom. The molecule has 0 fully saturated rings. The molecular weight excluding hydrogens is 324 g/mol. The van der Waals surface area contributed by atoms with E-state index in [1.165, 1.54) is 24.6 Å². The van der Waals surface area contributed by atoms with E-state index in [0.29, 0.717) is 6.10 Å². The summed E-state index contributed by atoms with van der Waals surface area (Å²) in [5.41, 5.74) is 1.94. The van der Waals surface area contributed by atoms with E-state index in [1.54, 1.807) is 5.57 Å². The van der Waals surface area contributed by atoms with Crippen LogP contribution in [-0.2, 0) is 4.43 Å². The van der Waals surface area contributed by atoms with Crippen LogP contribution in [0.2, 0.25) is 36.3 Å². The van der Waals surface area contributed by atoms with E-state index in [9.17, 15) is 0 Å². The van der Waals surface area contributed by atoms with Crippen molar-refractivity contribution in [3.8, 4) is 0 Å². The predicted octanol–water partition coefficient (Wildman–Crippen LogP) is 7.56. The third-order valence-electron chi connectivity index (χ3n) is 7.42. The number of hydrogen-bond acceptors (Lipinski definition) is 1. The fraction of sp³-hybridized carbons (Fsp3) is 0.905. The van der Waals surface area contributed by atoms with Gasteiger partial charge in [0.15, 0.2) is 8.32 Å². The fourth-order valence-electron chi connectivity index (χ4n) is 4.16. The summed E-state index contributed by atoms with van der Waals surface area (Å²) < 4.78 is 6.91. The van der Waals surface area contributed by atoms with E-state index < -0.39 is 16.4 Å². The van der Waals surface area contributed by atoms with Gasteiger partial charge in [-0.25, -0.2) is 0 Å². The molecule has 1 atom stereocenters. The molecule has 1 unspecified atom stereocenters. The van der Waals surface area contributed by atoms with Crippen LogP contribution >= 0.6 is 0 Å². The average Bonchev–Trinajstić information content (AvgIpc) is 2.44. The van der Waals surface area contributed by atoms with Crippen molar-refractivity contribution in [1.82, 2.24) is 0 Å². The first-order chi connectivity index (χ1) is 10.8. The van der Waals surface area contributed by atoms with E-state index in [0.717, 1.165) is 6.42 Å². The molecule has 0 spiro atoms. The zero-order chi connectivity index (χ0) is 19.0. The van der Waals surface area contributed by atoms with Crippen molar-refractivity contribution in [2.45, 2.75) is 118 Å². The second-order valence-corrected chi connectivity index (χ2v) is 20.4. The van der Waals surface area contributed by atoms with Crippen LogP contribution < -0.4 is 0 Å². The van der Waals surface area contributed by atoms with Crippen LogP contribution in [0, 0.1) is 5.41 Å². The number of hydrogen-bond donors (Lipinski definition) is 0. The molecule has 142 valence electrons. The van der Waals surface area contributed by atoms with Gasteiger partial charge in [-0.2, -0.15) is 0 Å². The van der Waals surface area contributed by atoms with Gasteiger partial charge >= 0.3 is 0 Å². The van der Waals surface area contributed by atoms with E-state index in [1.807, 2.05) is 5.20 Å². The maximum Gasteiger partial charge on any atom is 0.192 e. The van der Waals surface area contributed by atoms with Gasteiger partial charge in [0.25, 0.3) is 0 Å². The van der Waals surface area contributed by atoms with Gasteiger partial charge in [-0.3, -0.25) is 0 Å². The SMILES string of the molecule is CC[Si](CC)(CC)C1=C(C)CC(O[Si](C)(C)C(C)(C)C)C(C)(C)C1. The number of allylic oxidation sites excluding steroid dienone is 1. The van der Waals surface area contributed by atoms with Crippen LogP contribution in [0.25, 0.3) is 0 Å². The zero-order valence-electron chi connectivity index (χ0n) is 18.5. The van der Waals surface area contributed by atoms with Crippen LogP contribution in [0.5, 0.6) is 0 Å². The molecule has 3 heteroatoms. The molecule has 0 aromatic heterocycles. The molecule has 24 heavy (non-hydrogen) atoms. The summed E-state index contributed by atoms with van der Waals surface area (Å²) in [7, 11) is -2.97. The third-order valence-corrected chi connectivity index (χ3v) is 17.9. The Hall–Kier alpha value is 0.134. The molecule has 1 nitrogen and oxygen atoms in total. The fourth-order valence-corrected chi connectivity index (χ4v) is 10.2. The first-order valence-corrected chi connectivity index (χ1v) is 15.7. The van der Waals surface area contributed by atoms with Crippen molar-refractivity contribution < 1.29 is 4.43 Å². The summed E-state index contributed by atoms with van der Waals surface area (Å²) in [6.45, 7) is 26.5. The molecule has 0 N–H and O–H groups in total. The zero-order valence-corrected chi connectivity index (χ0v) is 20.5. The van der Waals surface area contributed by atoms with Gasteiger partial charge in [-0.05, 0) is 43.3 Å². The van der Waals surface area contributed by atoms with Gasteiger partial charge in [0, 0.05) is 0 Å². The van der Waals surface area contributed by atoms with Crippen molar-refractivity contribution in [3.05, 3.63) is 10.8 Å². The largest absolute Gasteiger partial charge is 0.413 e. The highest BCUT2D eigenvalue weighted by Gasteiger charge is 2.47. The standard InChI is InChI=1S/C21H44OSi2/c1-12-24(13-2,14-3)18-16-21(8,9)19(15-17(18)4)22-23(10,11)20(5,6)7/h19H,12-16H2,1-11H3. The van der Waals surface area contributed by atoms with Crippen molar-refractivity contribution in [2.75, 3.05) is 0 Å². The van der Waals surface area contributed by atoms with Crippen molar-refractivity contribution in [1.29, 1.82) is 0 Å². The van der Waals surface area contributed by atoms with Gasteiger partial charge in [0.05, 0.1) is 14.2 Å². The van der Waals surface area contributed by atoms with Crippen LogP contribution in [0.3, 0.4) is 0 Å². The summed E-state index contributed by atoms with van der Waals surface area (Å²) >= 11 is 0. The molecule has 0 radical (unpaired) electrons. The maximum absolute atomic E-state index is 6.91. The van der Waals surface area contributed by atoms with Crippen molar-refractivity contribution in [3.63, 3.8) is 0 Å². The average molecular weight is 369 g/mol. The Morgan fingerprint density at radius 3 is 1.88 bits per heavy atom. The van der Waals surface area contributed by atoms with E-state index in [-0.39, 0.29) is 10.5 Å². The van der Waals surface area contributed by atoms with Crippen molar-refractivity contribution in [2.24, 2.45) is 5.41 Å². The highest BCUT2D eigenvalue weighted by molar-refractivity contribution is 6.86. The lowest BCUT2D eigenvalue weighted by molar-refractivity contribution is 0.0539. The summed E-state index contributed by atoms with van der Waals surface area (Å²) in [6.07, 6.45) is 2.81. The highest BCUT2D eigenvalue weighted by Crippen LogP contribution is 2.49. The normalized spacial score (nSPS) is 22.9. The maximum atomic E-state index is 6.91. The van der Waals surface area contributed by atoms with Gasteiger partial charge in [0.1, 0.15) is 0 Å². The lowest BCUT2D eigenvalue weighted by atomic mass is 9.76. The van der Waals surface area contributed by atoms with Gasteiger partial charge in [-0.15, -0.1) is 0 Å². The molecule has 1 aliphatic carbocycles. The first-order valence-electron chi connectivity index (χ1n) is 10.1. The molecular formula is C21H44OSi2. The minimum atomic E-state index is -1.71. The van der Waals surface area contributed by atoms with E-state index >= 15 is 0 Å². The highest BCUT2D eigenvalue weighted by atomic mass is 28.4. The van der Waals surface area contributed by atoms with Crippen LogP contribution in [0.4, 0.5) is 0 Å². The monoisotopic (exact) mass is 368 g/mol. The molecule has 0 heterocycles. The first kappa shape index (κ1) is 22.2. The smallest absolute Gasteiger partial charge is 0.192 e. The topological polar surface area (TPSA) is 9.23 Å². The molecule has 0 aromatic carbocycles. The quantitative estimate of drug-likeness (QED) is 0.439. The van der Waals surface area contributed by atoms with E-state index in [4.69, 9.17) is 4.43 Å². The number of rotatable bonds is 6. The Kier molecular flexibility index (Phi) is 6.84. The lowest BCUT2D eigenvalue weighted by Crippen LogP contribution is -2.51. The molecule has 0 aliphatic heterocycles. The Balaban J connectivity index is 3.18. The summed E-state index contributed by atoms with van der Waals surface area (Å²) in [5, 5.41) is 2.17. The lowest BCUT2D eigenvalue weighted by Gasteiger charge is -2.49. The van der Waals surface area contributed by atoms with Crippen LogP contribution in [0.15, 0.2) is 10.8 Å². The second-order valence-electron chi connectivity index (χ2n) is 10.3. The predicted molar refractivity (Wildman–Crippen MR) is 115 cm³/mol. The van der Waals surface area contributed by atoms with Crippen LogP contribution in [-0.4, -0.2) is 22.5 Å². The van der Waals surface area contributed by atoms with Crippen molar-refractivity contribution >= 4 is 16.4 Å². The Bertz CT molecular complexity index is 456. The summed E-state index contributed by atoms with van der Waals surface area (Å²) in [4.78, 5) is 0. The minimum Gasteiger partial charge on any atom is -0.413 e. The summed E-state index contributed by atoms with van der Waals surface area (Å²) in [5.74, 6) is 0. The van der Waals surface area contributed by atoms with Gasteiger partial charge in [-0.1, -0.05) is 84.3 Å². The van der Waals surface area contributed by atoms with Crippen LogP contribution in [0.1, 0.15) is 75.2 Å². The molecule has 1 rings (SSSR count). The minimum absolute atomic E-state index is 0.266. The van der Waals surface area contributed by atoms with Gasteiger partial charge in [0.2, 0.25) is 0 Å².